The molecular formula is C21H36N2O2. The van der Waals surface area contributed by atoms with E-state index in [0.29, 0.717) is 0 Å². The summed E-state index contributed by atoms with van der Waals surface area (Å²) in [6.07, 6.45) is 13.0. The Labute approximate surface area is 153 Å². The number of nitrogens with one attached hydrogen (secondary N) is 2. The van der Waals surface area contributed by atoms with Gasteiger partial charge in [-0.15, -0.1) is 0 Å². The van der Waals surface area contributed by atoms with Crippen LogP contribution in [0.3, 0.4) is 0 Å². The van der Waals surface area contributed by atoms with Gasteiger partial charge in [-0.2, -0.15) is 0 Å². The van der Waals surface area contributed by atoms with Crippen LogP contribution in [0.25, 0.3) is 0 Å². The van der Waals surface area contributed by atoms with Crippen LogP contribution in [0.1, 0.15) is 78.1 Å². The number of hydrogen-bond acceptors (Lipinski definition) is 3. The molecule has 0 fully saturated rings. The van der Waals surface area contributed by atoms with Crippen molar-refractivity contribution in [3.63, 3.8) is 0 Å². The van der Waals surface area contributed by atoms with Crippen LogP contribution in [0.2, 0.25) is 0 Å². The lowest BCUT2D eigenvalue weighted by Crippen LogP contribution is -2.38. The minimum absolute atomic E-state index is 0.000679. The van der Waals surface area contributed by atoms with Gasteiger partial charge in [-0.05, 0) is 25.5 Å². The van der Waals surface area contributed by atoms with Gasteiger partial charge in [-0.25, -0.2) is 0 Å². The Bertz CT molecular complexity index is 477. The summed E-state index contributed by atoms with van der Waals surface area (Å²) >= 11 is 0. The maximum Gasteiger partial charge on any atom is 0.242 e. The lowest BCUT2D eigenvalue weighted by Gasteiger charge is -2.15. The highest BCUT2D eigenvalue weighted by atomic mass is 16.3. The third-order valence-electron chi connectivity index (χ3n) is 4.45. The van der Waals surface area contributed by atoms with E-state index in [-0.39, 0.29) is 17.7 Å². The normalized spacial score (nSPS) is 11.9. The Balaban J connectivity index is 1.99. The number of aromatic hydroxyl groups is 1. The van der Waals surface area contributed by atoms with Gasteiger partial charge >= 0.3 is 0 Å². The molecule has 1 aromatic rings. The summed E-state index contributed by atoms with van der Waals surface area (Å²) < 4.78 is 0. The van der Waals surface area contributed by atoms with E-state index in [1.165, 1.54) is 57.8 Å². The second kappa shape index (κ2) is 13.6. The first-order chi connectivity index (χ1) is 12.1. The molecule has 1 unspecified atom stereocenters. The van der Waals surface area contributed by atoms with Crippen LogP contribution < -0.4 is 10.6 Å². The second-order valence-electron chi connectivity index (χ2n) is 6.89. The average molecular weight is 349 g/mol. The maximum atomic E-state index is 12.1. The molecule has 0 radical (unpaired) electrons. The van der Waals surface area contributed by atoms with Gasteiger partial charge in [-0.3, -0.25) is 4.79 Å². The minimum atomic E-state index is -0.315. The number of benzene rings is 1. The average Bonchev–Trinajstić information content (AvgIpc) is 2.59. The molecule has 0 spiro atoms. The molecule has 0 aliphatic rings. The van der Waals surface area contributed by atoms with Crippen molar-refractivity contribution in [3.8, 4) is 5.75 Å². The van der Waals surface area contributed by atoms with Crippen LogP contribution >= 0.6 is 0 Å². The molecule has 1 atom stereocenters. The van der Waals surface area contributed by atoms with Gasteiger partial charge in [0.25, 0.3) is 0 Å². The van der Waals surface area contributed by atoms with Gasteiger partial charge in [0.05, 0.1) is 0 Å². The van der Waals surface area contributed by atoms with Crippen molar-refractivity contribution in [1.82, 2.24) is 5.32 Å². The van der Waals surface area contributed by atoms with Crippen molar-refractivity contribution in [2.45, 2.75) is 84.1 Å². The van der Waals surface area contributed by atoms with Crippen LogP contribution in [0, 0.1) is 0 Å². The van der Waals surface area contributed by atoms with E-state index in [9.17, 15) is 9.90 Å². The second-order valence-corrected chi connectivity index (χ2v) is 6.89. The zero-order valence-electron chi connectivity index (χ0n) is 16.0. The first-order valence-electron chi connectivity index (χ1n) is 9.96. The van der Waals surface area contributed by atoms with Crippen LogP contribution in [-0.4, -0.2) is 23.6 Å². The van der Waals surface area contributed by atoms with Gasteiger partial charge in [0.1, 0.15) is 11.8 Å². The molecule has 0 aliphatic heterocycles. The molecule has 4 heteroatoms. The van der Waals surface area contributed by atoms with E-state index in [1.54, 1.807) is 18.2 Å². The first-order valence-corrected chi connectivity index (χ1v) is 9.96. The molecule has 0 aliphatic carbocycles. The van der Waals surface area contributed by atoms with Gasteiger partial charge < -0.3 is 15.7 Å². The Kier molecular flexibility index (Phi) is 11.6. The molecular weight excluding hydrogens is 312 g/mol. The summed E-state index contributed by atoms with van der Waals surface area (Å²) in [7, 11) is 0. The molecule has 0 bridgehead atoms. The number of phenolic OH excluding ortho intramolecular Hbond substituents is 1. The van der Waals surface area contributed by atoms with Crippen LogP contribution in [0.5, 0.6) is 5.75 Å². The van der Waals surface area contributed by atoms with Crippen molar-refractivity contribution in [1.29, 1.82) is 0 Å². The van der Waals surface area contributed by atoms with Gasteiger partial charge in [0.2, 0.25) is 5.91 Å². The van der Waals surface area contributed by atoms with Gasteiger partial charge in [0.15, 0.2) is 0 Å². The molecule has 0 heterocycles. The highest BCUT2D eigenvalue weighted by Crippen LogP contribution is 2.16. The summed E-state index contributed by atoms with van der Waals surface area (Å²) in [6, 6.07) is 6.51. The highest BCUT2D eigenvalue weighted by Gasteiger charge is 2.11. The molecule has 1 amide bonds. The fourth-order valence-corrected chi connectivity index (χ4v) is 2.89. The summed E-state index contributed by atoms with van der Waals surface area (Å²) in [5.74, 6) is 0.197. The molecule has 4 nitrogen and oxygen atoms in total. The molecule has 3 N–H and O–H groups in total. The maximum absolute atomic E-state index is 12.1. The molecule has 142 valence electrons. The van der Waals surface area contributed by atoms with Gasteiger partial charge in [-0.1, -0.05) is 70.8 Å². The molecule has 1 rings (SSSR count). The van der Waals surface area contributed by atoms with Crippen LogP contribution in [0.4, 0.5) is 5.69 Å². The largest absolute Gasteiger partial charge is 0.508 e. The Morgan fingerprint density at radius 1 is 1.00 bits per heavy atom. The number of phenols is 1. The molecule has 0 aromatic heterocycles. The topological polar surface area (TPSA) is 61.4 Å². The van der Waals surface area contributed by atoms with Crippen molar-refractivity contribution in [2.24, 2.45) is 0 Å². The number of unbranched alkanes of at least 4 members (excludes halogenated alkanes) is 9. The zero-order chi connectivity index (χ0) is 18.3. The zero-order valence-corrected chi connectivity index (χ0v) is 16.0. The SMILES string of the molecule is CCCCCCCCCCCCNC(=O)C(C)Nc1cccc(O)c1. The van der Waals surface area contributed by atoms with E-state index in [0.717, 1.165) is 18.7 Å². The van der Waals surface area contributed by atoms with Crippen molar-refractivity contribution >= 4 is 11.6 Å². The molecule has 25 heavy (non-hydrogen) atoms. The van der Waals surface area contributed by atoms with Gasteiger partial charge in [0, 0.05) is 18.3 Å². The van der Waals surface area contributed by atoms with E-state index >= 15 is 0 Å². The number of amides is 1. The fourth-order valence-electron chi connectivity index (χ4n) is 2.89. The standard InChI is InChI=1S/C21H36N2O2/c1-3-4-5-6-7-8-9-10-11-12-16-22-21(25)18(2)23-19-14-13-15-20(24)17-19/h13-15,17-18,23-24H,3-12,16H2,1-2H3,(H,22,25). The summed E-state index contributed by atoms with van der Waals surface area (Å²) in [5.41, 5.74) is 0.751. The minimum Gasteiger partial charge on any atom is -0.508 e. The lowest BCUT2D eigenvalue weighted by molar-refractivity contribution is -0.121. The number of carbonyl (C=O) groups excluding carboxylic acids is 1. The van der Waals surface area contributed by atoms with E-state index in [2.05, 4.69) is 17.6 Å². The quantitative estimate of drug-likeness (QED) is 0.403. The molecule has 0 saturated heterocycles. The van der Waals surface area contributed by atoms with Crippen molar-refractivity contribution in [3.05, 3.63) is 24.3 Å². The van der Waals surface area contributed by atoms with E-state index in [4.69, 9.17) is 0 Å². The molecule has 0 saturated carbocycles. The number of anilines is 1. The number of rotatable bonds is 14. The fraction of sp³-hybridized carbons (Fsp3) is 0.667. The Hall–Kier alpha value is -1.71. The monoisotopic (exact) mass is 348 g/mol. The first kappa shape index (κ1) is 21.3. The van der Waals surface area contributed by atoms with Crippen molar-refractivity contribution < 1.29 is 9.90 Å². The third kappa shape index (κ3) is 10.7. The third-order valence-corrected chi connectivity index (χ3v) is 4.45. The van der Waals surface area contributed by atoms with Crippen molar-refractivity contribution in [2.75, 3.05) is 11.9 Å². The Morgan fingerprint density at radius 3 is 2.20 bits per heavy atom. The number of carbonyl (C=O) groups is 1. The highest BCUT2D eigenvalue weighted by molar-refractivity contribution is 5.84. The molecule has 1 aromatic carbocycles. The smallest absolute Gasteiger partial charge is 0.242 e. The summed E-state index contributed by atoms with van der Waals surface area (Å²) in [5, 5.41) is 15.5. The summed E-state index contributed by atoms with van der Waals surface area (Å²) in [4.78, 5) is 12.1. The van der Waals surface area contributed by atoms with Crippen LogP contribution in [-0.2, 0) is 4.79 Å². The van der Waals surface area contributed by atoms with Crippen LogP contribution in [0.15, 0.2) is 24.3 Å². The van der Waals surface area contributed by atoms with E-state index < -0.39 is 0 Å². The summed E-state index contributed by atoms with van der Waals surface area (Å²) in [6.45, 7) is 4.82. The predicted molar refractivity (Wildman–Crippen MR) is 106 cm³/mol. The van der Waals surface area contributed by atoms with E-state index in [1.807, 2.05) is 13.0 Å². The Morgan fingerprint density at radius 2 is 1.60 bits per heavy atom. The predicted octanol–water partition coefficient (Wildman–Crippen LogP) is 5.23. The number of hydrogen-bond donors (Lipinski definition) is 3. The lowest BCUT2D eigenvalue weighted by atomic mass is 10.1.